The van der Waals surface area contributed by atoms with Crippen molar-refractivity contribution in [3.8, 4) is 0 Å². The van der Waals surface area contributed by atoms with Crippen LogP contribution in [0.15, 0.2) is 5.11 Å². The Kier molecular flexibility index (Phi) is 1.51. The van der Waals surface area contributed by atoms with E-state index in [1.807, 2.05) is 0 Å². The zero-order chi connectivity index (χ0) is 7.84. The molecule has 60 valence electrons. The van der Waals surface area contributed by atoms with E-state index in [1.165, 1.54) is 0 Å². The van der Waals surface area contributed by atoms with Crippen LogP contribution < -0.4 is 0 Å². The van der Waals surface area contributed by atoms with Crippen LogP contribution in [0.25, 0.3) is 10.4 Å². The molecule has 11 heavy (non-hydrogen) atoms. The van der Waals surface area contributed by atoms with Crippen LogP contribution in [0.2, 0.25) is 0 Å². The van der Waals surface area contributed by atoms with Crippen molar-refractivity contribution >= 4 is 0 Å². The van der Waals surface area contributed by atoms with Crippen molar-refractivity contribution < 1.29 is 5.11 Å². The molecule has 4 heteroatoms. The van der Waals surface area contributed by atoms with Crippen molar-refractivity contribution in [1.82, 2.24) is 0 Å². The van der Waals surface area contributed by atoms with E-state index in [-0.39, 0.29) is 18.1 Å². The molecule has 4 unspecified atom stereocenters. The fourth-order valence-electron chi connectivity index (χ4n) is 2.50. The zero-order valence-electron chi connectivity index (χ0n) is 6.22. The van der Waals surface area contributed by atoms with Crippen molar-refractivity contribution in [2.24, 2.45) is 17.0 Å². The number of rotatable bonds is 1. The van der Waals surface area contributed by atoms with Crippen molar-refractivity contribution in [3.63, 3.8) is 0 Å². The summed E-state index contributed by atoms with van der Waals surface area (Å²) >= 11 is 0. The average Bonchev–Trinajstić information content (AvgIpc) is 2.46. The molecule has 2 bridgehead atoms. The Balaban J connectivity index is 2.18. The molecule has 0 aromatic carbocycles. The summed E-state index contributed by atoms with van der Waals surface area (Å²) in [6, 6.07) is 0.0926. The highest BCUT2D eigenvalue weighted by Crippen LogP contribution is 2.46. The summed E-state index contributed by atoms with van der Waals surface area (Å²) in [5.41, 5.74) is 8.25. The van der Waals surface area contributed by atoms with E-state index in [2.05, 4.69) is 10.0 Å². The number of aliphatic hydroxyl groups is 1. The minimum atomic E-state index is -0.204. The second kappa shape index (κ2) is 2.40. The third-order valence-electron chi connectivity index (χ3n) is 3.02. The molecule has 0 aromatic heterocycles. The Bertz CT molecular complexity index is 212. The minimum Gasteiger partial charge on any atom is -0.393 e. The molecular formula is C7H11N3O. The third-order valence-corrected chi connectivity index (χ3v) is 3.02. The van der Waals surface area contributed by atoms with Crippen LogP contribution in [0.5, 0.6) is 0 Å². The van der Waals surface area contributed by atoms with Crippen LogP contribution in [0.1, 0.15) is 19.3 Å². The Morgan fingerprint density at radius 1 is 1.45 bits per heavy atom. The fourth-order valence-corrected chi connectivity index (χ4v) is 2.50. The number of hydrogen-bond donors (Lipinski definition) is 1. The van der Waals surface area contributed by atoms with E-state index < -0.39 is 0 Å². The molecule has 0 aromatic rings. The Labute approximate surface area is 64.8 Å². The van der Waals surface area contributed by atoms with E-state index in [0.29, 0.717) is 5.92 Å². The second-order valence-corrected chi connectivity index (χ2v) is 3.50. The molecule has 0 aliphatic heterocycles. The van der Waals surface area contributed by atoms with Crippen LogP contribution in [-0.4, -0.2) is 17.3 Å². The summed E-state index contributed by atoms with van der Waals surface area (Å²) in [5, 5.41) is 13.2. The molecule has 0 saturated heterocycles. The summed E-state index contributed by atoms with van der Waals surface area (Å²) in [6.45, 7) is 0. The molecule has 2 fully saturated rings. The summed E-state index contributed by atoms with van der Waals surface area (Å²) in [4.78, 5) is 2.81. The van der Waals surface area contributed by atoms with Gasteiger partial charge in [0, 0.05) is 11.0 Å². The van der Waals surface area contributed by atoms with Gasteiger partial charge in [-0.3, -0.25) is 0 Å². The molecule has 4 atom stereocenters. The Morgan fingerprint density at radius 2 is 2.27 bits per heavy atom. The highest BCUT2D eigenvalue weighted by atomic mass is 16.3. The van der Waals surface area contributed by atoms with Crippen LogP contribution in [0.4, 0.5) is 0 Å². The molecule has 2 rings (SSSR count). The van der Waals surface area contributed by atoms with Gasteiger partial charge < -0.3 is 5.11 Å². The van der Waals surface area contributed by atoms with Gasteiger partial charge in [-0.05, 0) is 36.6 Å². The average molecular weight is 153 g/mol. The normalized spacial score (nSPS) is 47.4. The predicted octanol–water partition coefficient (Wildman–Crippen LogP) is 1.46. The van der Waals surface area contributed by atoms with Crippen molar-refractivity contribution in [2.45, 2.75) is 31.4 Å². The summed E-state index contributed by atoms with van der Waals surface area (Å²) in [5.74, 6) is 0.724. The lowest BCUT2D eigenvalue weighted by Gasteiger charge is -2.14. The van der Waals surface area contributed by atoms with Gasteiger partial charge in [0.1, 0.15) is 0 Å². The van der Waals surface area contributed by atoms with Gasteiger partial charge in [0.2, 0.25) is 0 Å². The monoisotopic (exact) mass is 153 g/mol. The third kappa shape index (κ3) is 0.905. The van der Waals surface area contributed by atoms with Crippen LogP contribution in [0.3, 0.4) is 0 Å². The van der Waals surface area contributed by atoms with Gasteiger partial charge in [-0.1, -0.05) is 5.11 Å². The molecule has 0 heterocycles. The SMILES string of the molecule is [N-]=[N+]=NC1C2CCC1C(O)C2. The number of azide groups is 1. The van der Waals surface area contributed by atoms with Gasteiger partial charge >= 0.3 is 0 Å². The first-order valence-electron chi connectivity index (χ1n) is 4.05. The predicted molar refractivity (Wildman–Crippen MR) is 39.8 cm³/mol. The molecule has 4 nitrogen and oxygen atoms in total. The van der Waals surface area contributed by atoms with Gasteiger partial charge in [0.25, 0.3) is 0 Å². The van der Waals surface area contributed by atoms with Crippen LogP contribution in [0, 0.1) is 11.8 Å². The molecule has 2 saturated carbocycles. The zero-order valence-corrected chi connectivity index (χ0v) is 6.22. The molecule has 0 radical (unpaired) electrons. The standard InChI is InChI=1S/C7H11N3O/c8-10-9-7-4-1-2-5(7)6(11)3-4/h4-7,11H,1-3H2. The number of nitrogens with zero attached hydrogens (tertiary/aromatic N) is 3. The smallest absolute Gasteiger partial charge is 0.0575 e. The molecular weight excluding hydrogens is 142 g/mol. The lowest BCUT2D eigenvalue weighted by atomic mass is 9.98. The molecule has 0 spiro atoms. The summed E-state index contributed by atoms with van der Waals surface area (Å²) < 4.78 is 0. The molecule has 2 aliphatic carbocycles. The minimum absolute atomic E-state index is 0.0926. The Morgan fingerprint density at radius 3 is 2.73 bits per heavy atom. The maximum Gasteiger partial charge on any atom is 0.0575 e. The maximum atomic E-state index is 9.43. The van der Waals surface area contributed by atoms with Gasteiger partial charge in [-0.25, -0.2) is 0 Å². The largest absolute Gasteiger partial charge is 0.393 e. The summed E-state index contributed by atoms with van der Waals surface area (Å²) in [6.07, 6.45) is 2.80. The maximum absolute atomic E-state index is 9.43. The highest BCUT2D eigenvalue weighted by molar-refractivity contribution is 5.01. The second-order valence-electron chi connectivity index (χ2n) is 3.50. The van der Waals surface area contributed by atoms with E-state index >= 15 is 0 Å². The topological polar surface area (TPSA) is 69.0 Å². The summed E-state index contributed by atoms with van der Waals surface area (Å²) in [7, 11) is 0. The van der Waals surface area contributed by atoms with Crippen molar-refractivity contribution in [1.29, 1.82) is 0 Å². The fraction of sp³-hybridized carbons (Fsp3) is 1.00. The number of aliphatic hydroxyl groups excluding tert-OH is 1. The first-order chi connectivity index (χ1) is 5.33. The van der Waals surface area contributed by atoms with Gasteiger partial charge in [0.15, 0.2) is 0 Å². The van der Waals surface area contributed by atoms with Gasteiger partial charge in [0.05, 0.1) is 6.10 Å². The van der Waals surface area contributed by atoms with E-state index in [4.69, 9.17) is 5.53 Å². The number of hydrogen-bond acceptors (Lipinski definition) is 2. The first-order valence-corrected chi connectivity index (χ1v) is 4.05. The molecule has 0 amide bonds. The number of fused-ring (bicyclic) bond motifs is 2. The van der Waals surface area contributed by atoms with E-state index in [1.54, 1.807) is 0 Å². The molecule has 2 aliphatic rings. The quantitative estimate of drug-likeness (QED) is 0.346. The lowest BCUT2D eigenvalue weighted by molar-refractivity contribution is 0.112. The first kappa shape index (κ1) is 6.95. The highest BCUT2D eigenvalue weighted by Gasteiger charge is 2.46. The van der Waals surface area contributed by atoms with E-state index in [0.717, 1.165) is 19.3 Å². The Hall–Kier alpha value is -0.730. The van der Waals surface area contributed by atoms with Crippen LogP contribution in [-0.2, 0) is 0 Å². The van der Waals surface area contributed by atoms with Crippen molar-refractivity contribution in [2.75, 3.05) is 0 Å². The van der Waals surface area contributed by atoms with Crippen LogP contribution >= 0.6 is 0 Å². The van der Waals surface area contributed by atoms with Crippen molar-refractivity contribution in [3.05, 3.63) is 10.4 Å². The van der Waals surface area contributed by atoms with E-state index in [9.17, 15) is 5.11 Å². The molecule has 1 N–H and O–H groups in total. The van der Waals surface area contributed by atoms with Gasteiger partial charge in [-0.2, -0.15) is 0 Å². The lowest BCUT2D eigenvalue weighted by Crippen LogP contribution is -2.18. The van der Waals surface area contributed by atoms with Gasteiger partial charge in [-0.15, -0.1) is 0 Å².